The SMILES string of the molecule is COC1=C[C@@]23CCCN2CCc2cc4c(cc2[C@@H]3C1OC(=O)[C@@](O)(CCCC(C)(C)O)CC(=O)O)OCO4. The molecule has 1 saturated heterocycles. The highest BCUT2D eigenvalue weighted by molar-refractivity contribution is 5.85. The first-order valence-corrected chi connectivity index (χ1v) is 13.3. The first-order valence-electron chi connectivity index (χ1n) is 13.3. The van der Waals surface area contributed by atoms with Crippen LogP contribution in [-0.4, -0.2) is 82.0 Å². The minimum absolute atomic E-state index is 0.146. The third-order valence-electron chi connectivity index (χ3n) is 8.40. The van der Waals surface area contributed by atoms with Gasteiger partial charge in [0.25, 0.3) is 0 Å². The first-order chi connectivity index (χ1) is 18.0. The summed E-state index contributed by atoms with van der Waals surface area (Å²) in [6, 6.07) is 3.96. The Morgan fingerprint density at radius 2 is 1.89 bits per heavy atom. The smallest absolute Gasteiger partial charge is 0.339 e. The fourth-order valence-corrected chi connectivity index (χ4v) is 6.65. The summed E-state index contributed by atoms with van der Waals surface area (Å²) in [5.41, 5.74) is -1.65. The molecule has 0 amide bonds. The number of hydrogen-bond donors (Lipinski definition) is 3. The lowest BCUT2D eigenvalue weighted by molar-refractivity contribution is -0.178. The average molecular weight is 532 g/mol. The Labute approximate surface area is 222 Å². The maximum Gasteiger partial charge on any atom is 0.339 e. The molecule has 10 heteroatoms. The Bertz CT molecular complexity index is 1140. The second-order valence-corrected chi connectivity index (χ2v) is 11.6. The lowest BCUT2D eigenvalue weighted by Gasteiger charge is -2.39. The summed E-state index contributed by atoms with van der Waals surface area (Å²) >= 11 is 0. The first kappa shape index (κ1) is 26.8. The number of rotatable bonds is 9. The molecule has 3 heterocycles. The highest BCUT2D eigenvalue weighted by Crippen LogP contribution is 2.55. The largest absolute Gasteiger partial charge is 0.497 e. The van der Waals surface area contributed by atoms with Crippen LogP contribution in [0.25, 0.3) is 0 Å². The number of hydrogen-bond acceptors (Lipinski definition) is 9. The minimum atomic E-state index is -2.25. The summed E-state index contributed by atoms with van der Waals surface area (Å²) in [4.78, 5) is 27.6. The van der Waals surface area contributed by atoms with Crippen LogP contribution in [0.4, 0.5) is 0 Å². The highest BCUT2D eigenvalue weighted by Gasteiger charge is 2.59. The molecule has 1 fully saturated rings. The molecule has 0 saturated carbocycles. The van der Waals surface area contributed by atoms with Crippen molar-refractivity contribution in [2.75, 3.05) is 27.0 Å². The lowest BCUT2D eigenvalue weighted by atomic mass is 9.77. The predicted molar refractivity (Wildman–Crippen MR) is 135 cm³/mol. The number of methoxy groups -OCH3 is 1. The number of aliphatic hydroxyl groups is 2. The van der Waals surface area contributed by atoms with Gasteiger partial charge in [0.05, 0.1) is 30.6 Å². The van der Waals surface area contributed by atoms with E-state index < -0.39 is 41.2 Å². The molecule has 1 aromatic carbocycles. The molecule has 0 aromatic heterocycles. The number of carboxylic acid groups (broad SMARTS) is 1. The highest BCUT2D eigenvalue weighted by atomic mass is 16.7. The van der Waals surface area contributed by atoms with E-state index >= 15 is 0 Å². The molecular weight excluding hydrogens is 494 g/mol. The molecule has 208 valence electrons. The topological polar surface area (TPSA) is 135 Å². The van der Waals surface area contributed by atoms with E-state index in [0.29, 0.717) is 17.3 Å². The monoisotopic (exact) mass is 531 g/mol. The maximum absolute atomic E-state index is 13.6. The molecule has 0 radical (unpaired) electrons. The van der Waals surface area contributed by atoms with Crippen molar-refractivity contribution >= 4 is 11.9 Å². The molecule has 1 aliphatic carbocycles. The van der Waals surface area contributed by atoms with E-state index in [1.54, 1.807) is 13.8 Å². The lowest BCUT2D eigenvalue weighted by Crippen LogP contribution is -2.49. The van der Waals surface area contributed by atoms with Gasteiger partial charge in [0.15, 0.2) is 23.2 Å². The summed E-state index contributed by atoms with van der Waals surface area (Å²) in [7, 11) is 1.53. The van der Waals surface area contributed by atoms with Crippen LogP contribution in [0, 0.1) is 0 Å². The van der Waals surface area contributed by atoms with Gasteiger partial charge >= 0.3 is 11.9 Å². The molecule has 1 unspecified atom stereocenters. The Kier molecular flexibility index (Phi) is 6.86. The number of carbonyl (C=O) groups is 2. The van der Waals surface area contributed by atoms with E-state index in [1.807, 2.05) is 18.2 Å². The van der Waals surface area contributed by atoms with Crippen LogP contribution < -0.4 is 9.47 Å². The van der Waals surface area contributed by atoms with E-state index in [9.17, 15) is 24.9 Å². The molecule has 10 nitrogen and oxygen atoms in total. The second kappa shape index (κ2) is 9.73. The van der Waals surface area contributed by atoms with Gasteiger partial charge in [0.1, 0.15) is 5.76 Å². The summed E-state index contributed by atoms with van der Waals surface area (Å²) in [5.74, 6) is -0.843. The predicted octanol–water partition coefficient (Wildman–Crippen LogP) is 2.49. The number of carboxylic acids is 1. The summed E-state index contributed by atoms with van der Waals surface area (Å²) < 4.78 is 23.1. The Morgan fingerprint density at radius 1 is 1.16 bits per heavy atom. The number of fused-ring (bicyclic) bond motifs is 3. The van der Waals surface area contributed by atoms with Crippen LogP contribution in [0.15, 0.2) is 24.0 Å². The van der Waals surface area contributed by atoms with Gasteiger partial charge in [-0.3, -0.25) is 9.69 Å². The molecule has 3 N–H and O–H groups in total. The number of esters is 1. The van der Waals surface area contributed by atoms with E-state index in [4.69, 9.17) is 18.9 Å². The van der Waals surface area contributed by atoms with Gasteiger partial charge in [0.2, 0.25) is 6.79 Å². The Balaban J connectivity index is 1.50. The fraction of sp³-hybridized carbons (Fsp3) is 0.643. The normalized spacial score (nSPS) is 27.4. The van der Waals surface area contributed by atoms with Gasteiger partial charge in [0, 0.05) is 6.54 Å². The quantitative estimate of drug-likeness (QED) is 0.408. The average Bonchev–Trinajstić information content (AvgIpc) is 3.51. The molecule has 1 aromatic rings. The van der Waals surface area contributed by atoms with E-state index in [0.717, 1.165) is 43.5 Å². The number of ether oxygens (including phenoxy) is 4. The van der Waals surface area contributed by atoms with Crippen molar-refractivity contribution < 1.29 is 43.9 Å². The van der Waals surface area contributed by atoms with Crippen LogP contribution in [0.5, 0.6) is 11.5 Å². The Hall–Kier alpha value is -2.82. The van der Waals surface area contributed by atoms with Gasteiger partial charge in [-0.2, -0.15) is 0 Å². The van der Waals surface area contributed by atoms with E-state index in [-0.39, 0.29) is 32.0 Å². The zero-order valence-electron chi connectivity index (χ0n) is 22.2. The van der Waals surface area contributed by atoms with E-state index in [1.165, 1.54) is 7.11 Å². The maximum atomic E-state index is 13.6. The van der Waals surface area contributed by atoms with Gasteiger partial charge in [-0.1, -0.05) is 0 Å². The van der Waals surface area contributed by atoms with Gasteiger partial charge in [-0.15, -0.1) is 0 Å². The zero-order chi connectivity index (χ0) is 27.3. The summed E-state index contributed by atoms with van der Waals surface area (Å²) in [5, 5.41) is 30.9. The third kappa shape index (κ3) is 4.74. The van der Waals surface area contributed by atoms with Crippen molar-refractivity contribution in [1.29, 1.82) is 0 Å². The van der Waals surface area contributed by atoms with Crippen LogP contribution in [0.2, 0.25) is 0 Å². The standard InChI is InChI=1S/C28H37NO9/c1-26(2,33)7-4-9-28(34,15-22(30)31)25(32)38-24-21(35-3)14-27-8-5-10-29(27)11-6-17-12-19-20(37-16-36-19)13-18(17)23(24)27/h12-14,23-24,33-34H,4-11,15-16H2,1-3H3,(H,30,31)/t23-,24?,27-,28-/m1/s1. The number of aliphatic carboxylic acids is 1. The molecule has 5 rings (SSSR count). The second-order valence-electron chi connectivity index (χ2n) is 11.6. The molecular formula is C28H37NO9. The number of nitrogens with zero attached hydrogens (tertiary/aromatic N) is 1. The molecule has 4 aliphatic rings. The van der Waals surface area contributed by atoms with Crippen molar-refractivity contribution in [1.82, 2.24) is 4.90 Å². The van der Waals surface area contributed by atoms with Crippen LogP contribution in [-0.2, 0) is 25.5 Å². The molecule has 4 atom stereocenters. The van der Waals surface area contributed by atoms with Crippen LogP contribution in [0.1, 0.15) is 69.4 Å². The molecule has 1 spiro atoms. The van der Waals surface area contributed by atoms with Gasteiger partial charge in [-0.05, 0) is 88.3 Å². The summed E-state index contributed by atoms with van der Waals surface area (Å²) in [6.07, 6.45) is 3.38. The van der Waals surface area contributed by atoms with Crippen LogP contribution >= 0.6 is 0 Å². The number of carbonyl (C=O) groups excluding carboxylic acids is 1. The van der Waals surface area contributed by atoms with E-state index in [2.05, 4.69) is 4.90 Å². The van der Waals surface area contributed by atoms with Crippen molar-refractivity contribution in [3.63, 3.8) is 0 Å². The molecule has 3 aliphatic heterocycles. The van der Waals surface area contributed by atoms with Crippen molar-refractivity contribution in [2.24, 2.45) is 0 Å². The summed E-state index contributed by atoms with van der Waals surface area (Å²) in [6.45, 7) is 5.10. The number of benzene rings is 1. The van der Waals surface area contributed by atoms with Crippen molar-refractivity contribution in [3.8, 4) is 11.5 Å². The van der Waals surface area contributed by atoms with Gasteiger partial charge < -0.3 is 34.3 Å². The van der Waals surface area contributed by atoms with Crippen molar-refractivity contribution in [3.05, 3.63) is 35.1 Å². The molecule has 38 heavy (non-hydrogen) atoms. The van der Waals surface area contributed by atoms with Crippen molar-refractivity contribution in [2.45, 2.75) is 87.6 Å². The molecule has 0 bridgehead atoms. The Morgan fingerprint density at radius 3 is 2.58 bits per heavy atom. The fourth-order valence-electron chi connectivity index (χ4n) is 6.65. The zero-order valence-corrected chi connectivity index (χ0v) is 22.2. The third-order valence-corrected chi connectivity index (χ3v) is 8.40. The van der Waals surface area contributed by atoms with Crippen LogP contribution in [0.3, 0.4) is 0 Å². The van der Waals surface area contributed by atoms with Gasteiger partial charge in [-0.25, -0.2) is 4.79 Å². The minimum Gasteiger partial charge on any atom is -0.497 e.